The van der Waals surface area contributed by atoms with Crippen LogP contribution in [-0.4, -0.2) is 75.6 Å². The van der Waals surface area contributed by atoms with Gasteiger partial charge < -0.3 is 34.6 Å². The number of hydrogen-bond donors (Lipinski definition) is 5. The first-order valence-corrected chi connectivity index (χ1v) is 17.5. The Balaban J connectivity index is 1.35. The van der Waals surface area contributed by atoms with Crippen molar-refractivity contribution < 1.29 is 44.2 Å². The molecule has 1 aromatic heterocycles. The molecule has 53 heavy (non-hydrogen) atoms. The van der Waals surface area contributed by atoms with Gasteiger partial charge in [-0.25, -0.2) is 0 Å². The van der Waals surface area contributed by atoms with E-state index < -0.39 is 37.1 Å². The molecular formula is C39H41Cl2N3O9. The van der Waals surface area contributed by atoms with Crippen LogP contribution >= 0.6 is 23.2 Å². The molecule has 0 aliphatic carbocycles. The summed E-state index contributed by atoms with van der Waals surface area (Å²) in [4.78, 5) is 22.7. The lowest BCUT2D eigenvalue weighted by Gasteiger charge is -2.17. The Morgan fingerprint density at radius 1 is 0.830 bits per heavy atom. The maximum absolute atomic E-state index is 11.3. The van der Waals surface area contributed by atoms with Gasteiger partial charge in [-0.15, -0.1) is 0 Å². The van der Waals surface area contributed by atoms with Crippen molar-refractivity contribution in [1.82, 2.24) is 15.1 Å². The van der Waals surface area contributed by atoms with Crippen LogP contribution in [0.1, 0.15) is 34.2 Å². The van der Waals surface area contributed by atoms with Crippen molar-refractivity contribution in [2.75, 3.05) is 27.4 Å². The minimum Gasteiger partial charge on any atom is -0.496 e. The molecule has 0 aliphatic heterocycles. The fraction of sp³-hybridized carbons (Fsp3) is 0.308. The maximum Gasteiger partial charge on any atom is 0.323 e. The first-order valence-electron chi connectivity index (χ1n) is 16.8. The third kappa shape index (κ3) is 9.03. The normalized spacial score (nSPS) is 12.4. The maximum atomic E-state index is 11.3. The van der Waals surface area contributed by atoms with Crippen LogP contribution in [0, 0.1) is 12.8 Å². The third-order valence-corrected chi connectivity index (χ3v) is 9.91. The fourth-order valence-electron chi connectivity index (χ4n) is 6.16. The summed E-state index contributed by atoms with van der Waals surface area (Å²) in [6.45, 7) is 1.74. The largest absolute Gasteiger partial charge is 0.496 e. The number of aliphatic hydroxyl groups is 2. The summed E-state index contributed by atoms with van der Waals surface area (Å²) in [6, 6.07) is 17.8. The average Bonchev–Trinajstić information content (AvgIpc) is 3.55. The lowest BCUT2D eigenvalue weighted by molar-refractivity contribution is -0.143. The lowest BCUT2D eigenvalue weighted by Crippen LogP contribution is -2.39. The summed E-state index contributed by atoms with van der Waals surface area (Å²) >= 11 is 13.3. The van der Waals surface area contributed by atoms with Gasteiger partial charge in [-0.3, -0.25) is 19.6 Å². The van der Waals surface area contributed by atoms with E-state index in [0.717, 1.165) is 44.3 Å². The number of nitrogens with one attached hydrogen (secondary N) is 1. The zero-order valence-corrected chi connectivity index (χ0v) is 30.9. The molecule has 12 nitrogen and oxygen atoms in total. The van der Waals surface area contributed by atoms with Crippen LogP contribution in [-0.2, 0) is 35.7 Å². The second kappa shape index (κ2) is 17.8. The highest BCUT2D eigenvalue weighted by atomic mass is 35.5. The molecular weight excluding hydrogens is 725 g/mol. The number of aliphatic carboxylic acids is 2. The van der Waals surface area contributed by atoms with Crippen LogP contribution < -0.4 is 19.5 Å². The number of fused-ring (bicyclic) bond motifs is 1. The molecule has 0 aliphatic rings. The second-order valence-electron chi connectivity index (χ2n) is 12.5. The van der Waals surface area contributed by atoms with Crippen molar-refractivity contribution in [3.8, 4) is 28.4 Å². The van der Waals surface area contributed by atoms with Gasteiger partial charge in [0.15, 0.2) is 0 Å². The van der Waals surface area contributed by atoms with Crippen LogP contribution in [0.15, 0.2) is 66.9 Å². The van der Waals surface area contributed by atoms with E-state index in [9.17, 15) is 30.0 Å². The summed E-state index contributed by atoms with van der Waals surface area (Å²) in [5.74, 6) is -1.64. The Bertz CT molecular complexity index is 2100. The standard InChI is InChI=1S/C39H41Cl2N3O9/c1-22-25(21-53-37-15-36(52-3)23(12-32(37)41)10-11-24(19-45)38(47)48)6-4-7-28(22)29-8-5-9-34-30(29)17-43-44(34)18-27-14-35(51-2)26(13-31(27)40)16-42-33(20-46)39(49)50/h4-9,12-15,17,24,33,42,45-46H,10-11,16,18-21H2,1-3H3,(H,47,48)(H,49,50)/t24-,33-/m0/s1. The number of ether oxygens (including phenoxy) is 3. The zero-order chi connectivity index (χ0) is 38.2. The Kier molecular flexibility index (Phi) is 13.2. The number of carboxylic acids is 2. The average molecular weight is 767 g/mol. The van der Waals surface area contributed by atoms with Gasteiger partial charge in [0.1, 0.15) is 29.9 Å². The van der Waals surface area contributed by atoms with Gasteiger partial charge in [0.05, 0.1) is 56.6 Å². The molecule has 5 N–H and O–H groups in total. The second-order valence-corrected chi connectivity index (χ2v) is 13.3. The molecule has 0 fully saturated rings. The number of halogens is 2. The Labute approximate surface area is 316 Å². The minimum atomic E-state index is -1.16. The number of carboxylic acid groups (broad SMARTS) is 2. The lowest BCUT2D eigenvalue weighted by atomic mass is 9.94. The quantitative estimate of drug-likeness (QED) is 0.0696. The SMILES string of the molecule is COc1cc(OCc2cccc(-c3cccc4c3cnn4Cc3cc(OC)c(CN[C@@H](CO)C(=O)O)cc3Cl)c2C)c(Cl)cc1CC[C@@H](CO)C(=O)O. The number of hydrogen-bond acceptors (Lipinski definition) is 9. The Hall–Kier alpha value is -4.85. The van der Waals surface area contributed by atoms with Gasteiger partial charge in [-0.1, -0.05) is 53.5 Å². The van der Waals surface area contributed by atoms with Crippen molar-refractivity contribution in [2.45, 2.75) is 45.5 Å². The molecule has 0 amide bonds. The number of aryl methyl sites for hydroxylation is 1. The molecule has 1 heterocycles. The Morgan fingerprint density at radius 3 is 2.21 bits per heavy atom. The van der Waals surface area contributed by atoms with Gasteiger partial charge in [0, 0.05) is 28.6 Å². The summed E-state index contributed by atoms with van der Waals surface area (Å²) in [5, 5.41) is 46.5. The van der Waals surface area contributed by atoms with Gasteiger partial charge in [-0.05, 0) is 77.4 Å². The van der Waals surface area contributed by atoms with Gasteiger partial charge in [-0.2, -0.15) is 5.10 Å². The van der Waals surface area contributed by atoms with Crippen LogP contribution in [0.5, 0.6) is 17.2 Å². The van der Waals surface area contributed by atoms with Crippen molar-refractivity contribution in [1.29, 1.82) is 0 Å². The third-order valence-electron chi connectivity index (χ3n) is 9.26. The van der Waals surface area contributed by atoms with Crippen LogP contribution in [0.2, 0.25) is 10.0 Å². The topological polar surface area (TPSA) is 173 Å². The molecule has 5 rings (SSSR count). The molecule has 14 heteroatoms. The first kappa shape index (κ1) is 39.4. The van der Waals surface area contributed by atoms with E-state index in [0.29, 0.717) is 45.8 Å². The number of rotatable bonds is 18. The zero-order valence-electron chi connectivity index (χ0n) is 29.4. The number of aromatic nitrogens is 2. The van der Waals surface area contributed by atoms with Crippen LogP contribution in [0.4, 0.5) is 0 Å². The summed E-state index contributed by atoms with van der Waals surface area (Å²) < 4.78 is 19.2. The number of carbonyl (C=O) groups is 2. The highest BCUT2D eigenvalue weighted by Gasteiger charge is 2.20. The Morgan fingerprint density at radius 2 is 1.53 bits per heavy atom. The van der Waals surface area contributed by atoms with Crippen molar-refractivity contribution >= 4 is 46.0 Å². The molecule has 0 radical (unpaired) electrons. The predicted molar refractivity (Wildman–Crippen MR) is 201 cm³/mol. The van der Waals surface area contributed by atoms with Crippen molar-refractivity contribution in [2.24, 2.45) is 5.92 Å². The first-order chi connectivity index (χ1) is 25.5. The van der Waals surface area contributed by atoms with E-state index in [1.54, 1.807) is 24.3 Å². The number of benzene rings is 4. The van der Waals surface area contributed by atoms with E-state index in [-0.39, 0.29) is 19.6 Å². The molecule has 0 saturated heterocycles. The smallest absolute Gasteiger partial charge is 0.323 e. The molecule has 0 saturated carbocycles. The van der Waals surface area contributed by atoms with Crippen molar-refractivity contribution in [3.63, 3.8) is 0 Å². The number of methoxy groups -OCH3 is 2. The van der Waals surface area contributed by atoms with E-state index >= 15 is 0 Å². The van der Waals surface area contributed by atoms with Gasteiger partial charge in [0.2, 0.25) is 0 Å². The monoisotopic (exact) mass is 765 g/mol. The summed E-state index contributed by atoms with van der Waals surface area (Å²) in [6.07, 6.45) is 2.41. The number of aliphatic hydroxyl groups excluding tert-OH is 2. The van der Waals surface area contributed by atoms with Gasteiger partial charge in [0.25, 0.3) is 0 Å². The van der Waals surface area contributed by atoms with E-state index in [1.165, 1.54) is 14.2 Å². The van der Waals surface area contributed by atoms with Gasteiger partial charge >= 0.3 is 11.9 Å². The summed E-state index contributed by atoms with van der Waals surface area (Å²) in [7, 11) is 3.05. The molecule has 2 atom stereocenters. The highest BCUT2D eigenvalue weighted by molar-refractivity contribution is 6.32. The van der Waals surface area contributed by atoms with Crippen LogP contribution in [0.3, 0.4) is 0 Å². The molecule has 0 spiro atoms. The minimum absolute atomic E-state index is 0.133. The van der Waals surface area contributed by atoms with Crippen molar-refractivity contribution in [3.05, 3.63) is 105 Å². The fourth-order valence-corrected chi connectivity index (χ4v) is 6.64. The molecule has 5 aromatic rings. The van der Waals surface area contributed by atoms with E-state index in [4.69, 9.17) is 42.5 Å². The highest BCUT2D eigenvalue weighted by Crippen LogP contribution is 2.37. The van der Waals surface area contributed by atoms with Crippen LogP contribution in [0.25, 0.3) is 22.0 Å². The van der Waals surface area contributed by atoms with E-state index in [1.807, 2.05) is 54.2 Å². The molecule has 4 aromatic carbocycles. The van der Waals surface area contributed by atoms with E-state index in [2.05, 4.69) is 5.32 Å². The molecule has 280 valence electrons. The molecule has 0 bridgehead atoms. The summed E-state index contributed by atoms with van der Waals surface area (Å²) in [5.41, 5.74) is 6.97. The molecule has 0 unspecified atom stereocenters. The number of nitrogens with zero attached hydrogens (tertiary/aromatic N) is 2. The predicted octanol–water partition coefficient (Wildman–Crippen LogP) is 6.12.